The summed E-state index contributed by atoms with van der Waals surface area (Å²) >= 11 is 3.35. The molecule has 0 saturated heterocycles. The Labute approximate surface area is 186 Å². The first-order valence-electron chi connectivity index (χ1n) is 9.84. The van der Waals surface area contributed by atoms with Gasteiger partial charge in [0.25, 0.3) is 0 Å². The standard InChI is InChI=1S/C25H25BrN2O2/c1-25(2,3)30-24(29)21(16-18-14-15-22(26)27-17-18)28-23(19-10-6-4-7-11-19)20-12-8-5-9-13-20/h4-15,17,21H,16H2,1-3H3/t21-/m0/s1. The minimum atomic E-state index is -0.692. The molecule has 0 spiro atoms. The summed E-state index contributed by atoms with van der Waals surface area (Å²) in [6.07, 6.45) is 2.15. The Bertz CT molecular complexity index is 953. The number of esters is 1. The molecular weight excluding hydrogens is 440 g/mol. The molecular formula is C25H25BrN2O2. The third-order valence-electron chi connectivity index (χ3n) is 4.28. The van der Waals surface area contributed by atoms with Crippen molar-refractivity contribution in [1.29, 1.82) is 0 Å². The summed E-state index contributed by atoms with van der Waals surface area (Å²) in [5.74, 6) is -0.352. The fourth-order valence-electron chi connectivity index (χ4n) is 2.97. The molecule has 0 radical (unpaired) electrons. The van der Waals surface area contributed by atoms with Gasteiger partial charge in [0.2, 0.25) is 0 Å². The van der Waals surface area contributed by atoms with Crippen molar-refractivity contribution in [1.82, 2.24) is 4.98 Å². The summed E-state index contributed by atoms with van der Waals surface area (Å²) in [5.41, 5.74) is 2.98. The predicted octanol–water partition coefficient (Wildman–Crippen LogP) is 5.63. The van der Waals surface area contributed by atoms with Gasteiger partial charge in [-0.1, -0.05) is 66.7 Å². The normalized spacial score (nSPS) is 12.1. The summed E-state index contributed by atoms with van der Waals surface area (Å²) in [6, 6.07) is 22.9. The van der Waals surface area contributed by atoms with Crippen LogP contribution in [0.4, 0.5) is 0 Å². The average molecular weight is 465 g/mol. The van der Waals surface area contributed by atoms with Crippen molar-refractivity contribution in [3.63, 3.8) is 0 Å². The number of halogens is 1. The van der Waals surface area contributed by atoms with Gasteiger partial charge in [-0.3, -0.25) is 4.99 Å². The lowest BCUT2D eigenvalue weighted by atomic mass is 10.0. The van der Waals surface area contributed by atoms with Crippen LogP contribution in [0.5, 0.6) is 0 Å². The van der Waals surface area contributed by atoms with Gasteiger partial charge in [-0.05, 0) is 48.3 Å². The van der Waals surface area contributed by atoms with Crippen LogP contribution in [0.2, 0.25) is 0 Å². The third kappa shape index (κ3) is 6.36. The molecule has 0 aliphatic carbocycles. The van der Waals surface area contributed by atoms with E-state index in [9.17, 15) is 4.79 Å². The molecule has 1 atom stereocenters. The van der Waals surface area contributed by atoms with E-state index >= 15 is 0 Å². The molecule has 3 aromatic rings. The van der Waals surface area contributed by atoms with Crippen LogP contribution in [-0.4, -0.2) is 28.3 Å². The third-order valence-corrected chi connectivity index (χ3v) is 4.75. The van der Waals surface area contributed by atoms with Gasteiger partial charge in [0.05, 0.1) is 5.71 Å². The number of nitrogens with zero attached hydrogens (tertiary/aromatic N) is 2. The summed E-state index contributed by atoms with van der Waals surface area (Å²) in [7, 11) is 0. The van der Waals surface area contributed by atoms with E-state index in [1.54, 1.807) is 6.20 Å². The summed E-state index contributed by atoms with van der Waals surface area (Å²) in [5, 5.41) is 0. The maximum Gasteiger partial charge on any atom is 0.331 e. The molecule has 0 unspecified atom stereocenters. The Morgan fingerprint density at radius 2 is 1.53 bits per heavy atom. The maximum atomic E-state index is 13.1. The molecule has 0 amide bonds. The van der Waals surface area contributed by atoms with Crippen LogP contribution in [0.1, 0.15) is 37.5 Å². The van der Waals surface area contributed by atoms with E-state index < -0.39 is 11.6 Å². The largest absolute Gasteiger partial charge is 0.458 e. The number of carbonyl (C=O) groups excluding carboxylic acids is 1. The van der Waals surface area contributed by atoms with Crippen molar-refractivity contribution in [3.8, 4) is 0 Å². The number of hydrogen-bond donors (Lipinski definition) is 0. The molecule has 4 nitrogen and oxygen atoms in total. The number of aromatic nitrogens is 1. The van der Waals surface area contributed by atoms with Crippen LogP contribution < -0.4 is 0 Å². The van der Waals surface area contributed by atoms with Gasteiger partial charge >= 0.3 is 5.97 Å². The van der Waals surface area contributed by atoms with Crippen molar-refractivity contribution in [2.45, 2.75) is 38.8 Å². The number of aliphatic imine (C=N–C) groups is 1. The monoisotopic (exact) mass is 464 g/mol. The number of benzene rings is 2. The van der Waals surface area contributed by atoms with Crippen LogP contribution in [0.25, 0.3) is 0 Å². The number of hydrogen-bond acceptors (Lipinski definition) is 4. The molecule has 1 heterocycles. The van der Waals surface area contributed by atoms with Gasteiger partial charge in [0, 0.05) is 23.7 Å². The second kappa shape index (κ2) is 9.81. The highest BCUT2D eigenvalue weighted by atomic mass is 79.9. The Hall–Kier alpha value is -2.79. The van der Waals surface area contributed by atoms with Crippen LogP contribution in [-0.2, 0) is 16.0 Å². The Morgan fingerprint density at radius 3 is 2.00 bits per heavy atom. The first-order valence-corrected chi connectivity index (χ1v) is 10.6. The molecule has 0 N–H and O–H groups in total. The first kappa shape index (κ1) is 21.9. The number of rotatable bonds is 6. The van der Waals surface area contributed by atoms with Gasteiger partial charge < -0.3 is 4.74 Å². The van der Waals surface area contributed by atoms with E-state index in [-0.39, 0.29) is 5.97 Å². The first-order chi connectivity index (χ1) is 14.3. The van der Waals surface area contributed by atoms with Crippen molar-refractivity contribution >= 4 is 27.6 Å². The van der Waals surface area contributed by atoms with Crippen LogP contribution >= 0.6 is 15.9 Å². The lowest BCUT2D eigenvalue weighted by Gasteiger charge is -2.23. The molecule has 2 aromatic carbocycles. The number of pyridine rings is 1. The molecule has 5 heteroatoms. The number of ether oxygens (including phenoxy) is 1. The maximum absolute atomic E-state index is 13.1. The van der Waals surface area contributed by atoms with Gasteiger partial charge in [0.15, 0.2) is 6.04 Å². The van der Waals surface area contributed by atoms with E-state index in [0.717, 1.165) is 27.0 Å². The zero-order chi connectivity index (χ0) is 21.6. The Kier molecular flexibility index (Phi) is 7.16. The Balaban J connectivity index is 2.05. The molecule has 0 fully saturated rings. The SMILES string of the molecule is CC(C)(C)OC(=O)[C@H](Cc1ccc(Br)nc1)N=C(c1ccccc1)c1ccccc1. The highest BCUT2D eigenvalue weighted by molar-refractivity contribution is 9.10. The highest BCUT2D eigenvalue weighted by Gasteiger charge is 2.26. The van der Waals surface area contributed by atoms with E-state index in [2.05, 4.69) is 20.9 Å². The second-order valence-corrected chi connectivity index (χ2v) is 8.76. The lowest BCUT2D eigenvalue weighted by molar-refractivity contribution is -0.156. The summed E-state index contributed by atoms with van der Waals surface area (Å²) in [4.78, 5) is 22.3. The molecule has 30 heavy (non-hydrogen) atoms. The quantitative estimate of drug-likeness (QED) is 0.269. The fraction of sp³-hybridized carbons (Fsp3) is 0.240. The van der Waals surface area contributed by atoms with E-state index in [4.69, 9.17) is 9.73 Å². The Morgan fingerprint density at radius 1 is 0.967 bits per heavy atom. The van der Waals surface area contributed by atoms with Crippen molar-refractivity contribution in [3.05, 3.63) is 100 Å². The molecule has 154 valence electrons. The van der Waals surface area contributed by atoms with Gasteiger partial charge in [-0.2, -0.15) is 0 Å². The molecule has 0 bridgehead atoms. The highest BCUT2D eigenvalue weighted by Crippen LogP contribution is 2.18. The smallest absolute Gasteiger partial charge is 0.331 e. The predicted molar refractivity (Wildman–Crippen MR) is 124 cm³/mol. The van der Waals surface area contributed by atoms with Crippen LogP contribution in [0, 0.1) is 0 Å². The fourth-order valence-corrected chi connectivity index (χ4v) is 3.20. The van der Waals surface area contributed by atoms with E-state index in [0.29, 0.717) is 6.42 Å². The minimum Gasteiger partial charge on any atom is -0.458 e. The minimum absolute atomic E-state index is 0.352. The average Bonchev–Trinajstić information content (AvgIpc) is 2.72. The van der Waals surface area contributed by atoms with Gasteiger partial charge in [-0.15, -0.1) is 0 Å². The molecule has 0 aliphatic rings. The van der Waals surface area contributed by atoms with Crippen LogP contribution in [0.15, 0.2) is 88.6 Å². The van der Waals surface area contributed by atoms with Gasteiger partial charge in [0.1, 0.15) is 10.2 Å². The zero-order valence-electron chi connectivity index (χ0n) is 17.4. The van der Waals surface area contributed by atoms with E-state index in [1.165, 1.54) is 0 Å². The molecule has 0 saturated carbocycles. The molecule has 1 aromatic heterocycles. The van der Waals surface area contributed by atoms with E-state index in [1.807, 2.05) is 93.6 Å². The molecule has 0 aliphatic heterocycles. The summed E-state index contributed by atoms with van der Waals surface area (Å²) in [6.45, 7) is 5.59. The van der Waals surface area contributed by atoms with Crippen molar-refractivity contribution in [2.24, 2.45) is 4.99 Å². The van der Waals surface area contributed by atoms with Crippen molar-refractivity contribution in [2.75, 3.05) is 0 Å². The summed E-state index contributed by atoms with van der Waals surface area (Å²) < 4.78 is 6.44. The second-order valence-electron chi connectivity index (χ2n) is 7.95. The van der Waals surface area contributed by atoms with Gasteiger partial charge in [-0.25, -0.2) is 9.78 Å². The van der Waals surface area contributed by atoms with Crippen molar-refractivity contribution < 1.29 is 9.53 Å². The molecule has 3 rings (SSSR count). The lowest BCUT2D eigenvalue weighted by Crippen LogP contribution is -2.33. The van der Waals surface area contributed by atoms with Crippen LogP contribution in [0.3, 0.4) is 0 Å². The number of carbonyl (C=O) groups is 1. The zero-order valence-corrected chi connectivity index (χ0v) is 19.0. The topological polar surface area (TPSA) is 51.5 Å².